The second-order valence-electron chi connectivity index (χ2n) is 8.39. The molecule has 9 heteroatoms. The van der Waals surface area contributed by atoms with Gasteiger partial charge in [-0.2, -0.15) is 4.31 Å². The van der Waals surface area contributed by atoms with Crippen LogP contribution in [-0.2, 0) is 21.2 Å². The smallest absolute Gasteiger partial charge is 0.243 e. The number of amides is 1. The molecule has 1 amide bonds. The first kappa shape index (κ1) is 23.5. The van der Waals surface area contributed by atoms with Gasteiger partial charge >= 0.3 is 0 Å². The van der Waals surface area contributed by atoms with E-state index < -0.39 is 15.7 Å². The Kier molecular flexibility index (Phi) is 6.84. The van der Waals surface area contributed by atoms with Crippen LogP contribution in [0.4, 0.5) is 0 Å². The molecule has 2 aliphatic rings. The summed E-state index contributed by atoms with van der Waals surface area (Å²) in [4.78, 5) is 15.3. The van der Waals surface area contributed by atoms with Gasteiger partial charge in [-0.1, -0.05) is 60.5 Å². The van der Waals surface area contributed by atoms with Crippen LogP contribution in [0.25, 0.3) is 0 Å². The van der Waals surface area contributed by atoms with E-state index in [0.29, 0.717) is 43.9 Å². The summed E-state index contributed by atoms with van der Waals surface area (Å²) in [6.45, 7) is 3.34. The largest absolute Gasteiger partial charge is 0.323 e. The number of carbonyl (C=O) groups is 1. The first-order chi connectivity index (χ1) is 15.3. The standard InChI is InChI=1S/C23H27Cl2N3O3S/c1-2-12-28-22(29)21(15-17-6-4-3-5-7-17)26-23(28)10-13-27(14-11-23)32(30,31)18-8-9-19(24)20(25)16-18/h3-9,16,21,26H,2,10-15H2,1H3/t21-/m0/s1. The normalized spacial score (nSPS) is 21.4. The van der Waals surface area contributed by atoms with E-state index in [9.17, 15) is 13.2 Å². The summed E-state index contributed by atoms with van der Waals surface area (Å²) in [6, 6.07) is 14.0. The van der Waals surface area contributed by atoms with Crippen LogP contribution in [0, 0.1) is 0 Å². The van der Waals surface area contributed by atoms with Crippen molar-refractivity contribution >= 4 is 39.1 Å². The lowest BCUT2D eigenvalue weighted by molar-refractivity contribution is -0.133. The van der Waals surface area contributed by atoms with Crippen molar-refractivity contribution in [2.45, 2.75) is 49.2 Å². The Morgan fingerprint density at radius 3 is 2.38 bits per heavy atom. The maximum Gasteiger partial charge on any atom is 0.243 e. The number of rotatable bonds is 6. The fraction of sp³-hybridized carbons (Fsp3) is 0.435. The molecule has 32 heavy (non-hydrogen) atoms. The average Bonchev–Trinajstić information content (AvgIpc) is 3.02. The van der Waals surface area contributed by atoms with Gasteiger partial charge in [0, 0.05) is 19.6 Å². The summed E-state index contributed by atoms with van der Waals surface area (Å²) >= 11 is 12.0. The maximum atomic E-state index is 13.2. The number of carbonyl (C=O) groups excluding carboxylic acids is 1. The monoisotopic (exact) mass is 495 g/mol. The van der Waals surface area contributed by atoms with E-state index in [2.05, 4.69) is 12.2 Å². The molecular weight excluding hydrogens is 469 g/mol. The number of hydrogen-bond acceptors (Lipinski definition) is 4. The highest BCUT2D eigenvalue weighted by molar-refractivity contribution is 7.89. The van der Waals surface area contributed by atoms with Gasteiger partial charge in [0.05, 0.1) is 26.6 Å². The third-order valence-electron chi connectivity index (χ3n) is 6.33. The molecule has 172 valence electrons. The fourth-order valence-corrected chi connectivity index (χ4v) is 6.53. The molecule has 2 aliphatic heterocycles. The zero-order valence-electron chi connectivity index (χ0n) is 17.9. The predicted octanol–water partition coefficient (Wildman–Crippen LogP) is 3.93. The molecule has 0 aromatic heterocycles. The molecule has 1 spiro atoms. The van der Waals surface area contributed by atoms with Crippen LogP contribution in [0.3, 0.4) is 0 Å². The summed E-state index contributed by atoms with van der Waals surface area (Å²) in [5.41, 5.74) is 0.586. The fourth-order valence-electron chi connectivity index (χ4n) is 4.70. The van der Waals surface area contributed by atoms with E-state index in [4.69, 9.17) is 23.2 Å². The summed E-state index contributed by atoms with van der Waals surface area (Å²) in [5.74, 6) is 0.0940. The number of hydrogen-bond donors (Lipinski definition) is 1. The Bertz CT molecular complexity index is 1090. The van der Waals surface area contributed by atoms with E-state index >= 15 is 0 Å². The Morgan fingerprint density at radius 2 is 1.75 bits per heavy atom. The second kappa shape index (κ2) is 9.31. The molecule has 0 saturated carbocycles. The Balaban J connectivity index is 1.52. The summed E-state index contributed by atoms with van der Waals surface area (Å²) in [6.07, 6.45) is 2.53. The lowest BCUT2D eigenvalue weighted by Crippen LogP contribution is -2.59. The minimum Gasteiger partial charge on any atom is -0.323 e. The van der Waals surface area contributed by atoms with Crippen molar-refractivity contribution in [3.8, 4) is 0 Å². The number of nitrogens with one attached hydrogen (secondary N) is 1. The van der Waals surface area contributed by atoms with Gasteiger partial charge in [-0.25, -0.2) is 8.42 Å². The van der Waals surface area contributed by atoms with Gasteiger partial charge in [0.2, 0.25) is 15.9 Å². The third kappa shape index (κ3) is 4.41. The van der Waals surface area contributed by atoms with Crippen molar-refractivity contribution in [1.82, 2.24) is 14.5 Å². The highest BCUT2D eigenvalue weighted by atomic mass is 35.5. The van der Waals surface area contributed by atoms with Crippen molar-refractivity contribution < 1.29 is 13.2 Å². The van der Waals surface area contributed by atoms with Crippen molar-refractivity contribution in [3.05, 3.63) is 64.1 Å². The number of piperidine rings is 1. The first-order valence-electron chi connectivity index (χ1n) is 10.9. The number of sulfonamides is 1. The molecule has 4 rings (SSSR count). The third-order valence-corrected chi connectivity index (χ3v) is 8.97. The first-order valence-corrected chi connectivity index (χ1v) is 13.0. The summed E-state index contributed by atoms with van der Waals surface area (Å²) in [5, 5.41) is 4.11. The minimum absolute atomic E-state index is 0.0940. The predicted molar refractivity (Wildman–Crippen MR) is 126 cm³/mol. The summed E-state index contributed by atoms with van der Waals surface area (Å²) in [7, 11) is -3.69. The van der Waals surface area contributed by atoms with Gasteiger partial charge in [0.25, 0.3) is 0 Å². The van der Waals surface area contributed by atoms with Crippen LogP contribution in [0.2, 0.25) is 10.0 Å². The summed E-state index contributed by atoms with van der Waals surface area (Å²) < 4.78 is 27.8. The zero-order chi connectivity index (χ0) is 22.9. The van der Waals surface area contributed by atoms with E-state index in [1.807, 2.05) is 35.2 Å². The minimum atomic E-state index is -3.69. The molecule has 1 atom stereocenters. The van der Waals surface area contributed by atoms with Crippen molar-refractivity contribution in [2.75, 3.05) is 19.6 Å². The molecule has 2 aromatic carbocycles. The highest BCUT2D eigenvalue weighted by Gasteiger charge is 2.51. The molecule has 2 aromatic rings. The van der Waals surface area contributed by atoms with E-state index in [1.54, 1.807) is 0 Å². The van der Waals surface area contributed by atoms with Crippen LogP contribution in [0.1, 0.15) is 31.7 Å². The van der Waals surface area contributed by atoms with Crippen molar-refractivity contribution in [1.29, 1.82) is 0 Å². The van der Waals surface area contributed by atoms with Gasteiger partial charge < -0.3 is 4.90 Å². The Hall–Kier alpha value is -1.64. The lowest BCUT2D eigenvalue weighted by Gasteiger charge is -2.44. The topological polar surface area (TPSA) is 69.7 Å². The molecule has 2 fully saturated rings. The van der Waals surface area contributed by atoms with Crippen LogP contribution in [0.15, 0.2) is 53.4 Å². The van der Waals surface area contributed by atoms with Crippen molar-refractivity contribution in [2.24, 2.45) is 0 Å². The SMILES string of the molecule is CCCN1C(=O)[C@H](Cc2ccccc2)NC12CCN(S(=O)(=O)c1ccc(Cl)c(Cl)c1)CC2. The molecular formula is C23H27Cl2N3O3S. The maximum absolute atomic E-state index is 13.2. The van der Waals surface area contributed by atoms with Crippen LogP contribution in [-0.4, -0.2) is 54.9 Å². The van der Waals surface area contributed by atoms with Gasteiger partial charge in [-0.3, -0.25) is 10.1 Å². The van der Waals surface area contributed by atoms with Gasteiger partial charge in [-0.05, 0) is 49.4 Å². The lowest BCUT2D eigenvalue weighted by atomic mass is 9.97. The molecule has 6 nitrogen and oxygen atoms in total. The second-order valence-corrected chi connectivity index (χ2v) is 11.1. The molecule has 0 unspecified atom stereocenters. The van der Waals surface area contributed by atoms with Gasteiger partial charge in [0.1, 0.15) is 0 Å². The van der Waals surface area contributed by atoms with E-state index in [-0.39, 0.29) is 21.9 Å². The van der Waals surface area contributed by atoms with Crippen LogP contribution < -0.4 is 5.32 Å². The molecule has 2 saturated heterocycles. The highest BCUT2D eigenvalue weighted by Crippen LogP contribution is 2.36. The van der Waals surface area contributed by atoms with Gasteiger partial charge in [0.15, 0.2) is 0 Å². The van der Waals surface area contributed by atoms with E-state index in [1.165, 1.54) is 22.5 Å². The molecule has 0 bridgehead atoms. The Labute approximate surface area is 199 Å². The van der Waals surface area contributed by atoms with Crippen molar-refractivity contribution in [3.63, 3.8) is 0 Å². The van der Waals surface area contributed by atoms with E-state index in [0.717, 1.165) is 12.0 Å². The van der Waals surface area contributed by atoms with Crippen LogP contribution >= 0.6 is 23.2 Å². The molecule has 2 heterocycles. The quantitative estimate of drug-likeness (QED) is 0.658. The van der Waals surface area contributed by atoms with Crippen LogP contribution in [0.5, 0.6) is 0 Å². The molecule has 0 aliphatic carbocycles. The number of nitrogens with zero attached hydrogens (tertiary/aromatic N) is 2. The molecule has 1 N–H and O–H groups in total. The zero-order valence-corrected chi connectivity index (χ0v) is 20.3. The average molecular weight is 496 g/mol. The Morgan fingerprint density at radius 1 is 1.06 bits per heavy atom. The van der Waals surface area contributed by atoms with Gasteiger partial charge in [-0.15, -0.1) is 0 Å². The molecule has 0 radical (unpaired) electrons. The number of halogens is 2. The number of benzene rings is 2.